The first-order valence-electron chi connectivity index (χ1n) is 8.47. The molecule has 0 amide bonds. The Kier molecular flexibility index (Phi) is 3.85. The third-order valence-electron chi connectivity index (χ3n) is 6.44. The molecular weight excluding hydrogens is 260 g/mol. The number of ketones is 1. The first kappa shape index (κ1) is 15.0. The van der Waals surface area contributed by atoms with Crippen molar-refractivity contribution in [3.63, 3.8) is 0 Å². The molecule has 1 N–H and O–H groups in total. The lowest BCUT2D eigenvalue weighted by Crippen LogP contribution is -2.47. The number of hydrogen-bond acceptors (Lipinski definition) is 2. The molecule has 3 aliphatic carbocycles. The normalized spacial score (nSPS) is 43.3. The van der Waals surface area contributed by atoms with Crippen molar-refractivity contribution in [2.24, 2.45) is 29.6 Å². The summed E-state index contributed by atoms with van der Waals surface area (Å²) < 4.78 is 0. The zero-order valence-corrected chi connectivity index (χ0v) is 13.6. The average Bonchev–Trinajstić information content (AvgIpc) is 2.44. The van der Waals surface area contributed by atoms with Crippen molar-refractivity contribution in [2.45, 2.75) is 59.0 Å². The van der Waals surface area contributed by atoms with Crippen molar-refractivity contribution < 1.29 is 9.90 Å². The van der Waals surface area contributed by atoms with E-state index in [1.54, 1.807) is 0 Å². The van der Waals surface area contributed by atoms with Crippen LogP contribution < -0.4 is 0 Å². The Morgan fingerprint density at radius 1 is 1.29 bits per heavy atom. The molecule has 21 heavy (non-hydrogen) atoms. The molecule has 0 unspecified atom stereocenters. The Bertz CT molecular complexity index is 502. The monoisotopic (exact) mass is 288 g/mol. The summed E-state index contributed by atoms with van der Waals surface area (Å²) in [7, 11) is 0. The number of hydrogen-bond donors (Lipinski definition) is 1. The summed E-state index contributed by atoms with van der Waals surface area (Å²) in [6.07, 6.45) is 4.45. The molecule has 4 bridgehead atoms. The van der Waals surface area contributed by atoms with E-state index in [0.717, 1.165) is 31.3 Å². The first-order valence-corrected chi connectivity index (χ1v) is 8.47. The minimum atomic E-state index is -0.254. The smallest absolute Gasteiger partial charge is 0.136 e. The van der Waals surface area contributed by atoms with Crippen molar-refractivity contribution in [3.8, 4) is 0 Å². The number of aliphatic hydroxyl groups excluding tert-OH is 1. The van der Waals surface area contributed by atoms with E-state index in [4.69, 9.17) is 0 Å². The van der Waals surface area contributed by atoms with E-state index in [0.29, 0.717) is 24.0 Å². The van der Waals surface area contributed by atoms with Crippen LogP contribution >= 0.6 is 0 Å². The Balaban J connectivity index is 2.13. The van der Waals surface area contributed by atoms with Gasteiger partial charge in [-0.15, -0.1) is 0 Å². The van der Waals surface area contributed by atoms with E-state index in [1.807, 2.05) is 0 Å². The van der Waals surface area contributed by atoms with Crippen LogP contribution in [0.25, 0.3) is 0 Å². The number of Topliss-reactive ketones (excluding diaryl/α,β-unsaturated/α-hetero) is 1. The quantitative estimate of drug-likeness (QED) is 0.743. The summed E-state index contributed by atoms with van der Waals surface area (Å²) in [4.78, 5) is 12.7. The minimum absolute atomic E-state index is 0.0775. The summed E-state index contributed by atoms with van der Waals surface area (Å²) in [5.74, 6) is 1.75. The fourth-order valence-electron chi connectivity index (χ4n) is 5.24. The topological polar surface area (TPSA) is 37.3 Å². The van der Waals surface area contributed by atoms with Gasteiger partial charge in [0.2, 0.25) is 0 Å². The lowest BCUT2D eigenvalue weighted by Gasteiger charge is -2.50. The third kappa shape index (κ3) is 2.32. The summed E-state index contributed by atoms with van der Waals surface area (Å²) in [5.41, 5.74) is 4.12. The molecule has 0 aromatic heterocycles. The van der Waals surface area contributed by atoms with Gasteiger partial charge >= 0.3 is 0 Å². The molecule has 0 spiro atoms. The van der Waals surface area contributed by atoms with E-state index in [9.17, 15) is 9.90 Å². The van der Waals surface area contributed by atoms with Gasteiger partial charge in [0.1, 0.15) is 5.78 Å². The minimum Gasteiger partial charge on any atom is -0.392 e. The maximum Gasteiger partial charge on any atom is 0.136 e. The molecular formula is C19H28O2. The third-order valence-corrected chi connectivity index (χ3v) is 6.44. The zero-order valence-electron chi connectivity index (χ0n) is 13.6. The van der Waals surface area contributed by atoms with Crippen LogP contribution in [0.4, 0.5) is 0 Å². The number of allylic oxidation sites excluding steroid dienone is 2. The predicted molar refractivity (Wildman–Crippen MR) is 84.7 cm³/mol. The van der Waals surface area contributed by atoms with Crippen molar-refractivity contribution in [3.05, 3.63) is 23.3 Å². The van der Waals surface area contributed by atoms with Crippen LogP contribution in [0.3, 0.4) is 0 Å². The van der Waals surface area contributed by atoms with E-state index in [-0.39, 0.29) is 23.9 Å². The Labute approximate surface area is 128 Å². The summed E-state index contributed by atoms with van der Waals surface area (Å²) in [6.45, 7) is 10.6. The lowest BCUT2D eigenvalue weighted by atomic mass is 9.55. The molecule has 116 valence electrons. The fraction of sp³-hybridized carbons (Fsp3) is 0.737. The van der Waals surface area contributed by atoms with Crippen molar-refractivity contribution in [2.75, 3.05) is 0 Å². The molecule has 0 aliphatic heterocycles. The fourth-order valence-corrected chi connectivity index (χ4v) is 5.24. The Morgan fingerprint density at radius 2 is 2.00 bits per heavy atom. The zero-order chi connectivity index (χ0) is 15.3. The molecule has 0 saturated heterocycles. The Morgan fingerprint density at radius 3 is 2.67 bits per heavy atom. The van der Waals surface area contributed by atoms with Crippen molar-refractivity contribution >= 4 is 5.78 Å². The number of rotatable bonds is 1. The SMILES string of the molecule is C=C(C)[C@H]1CC(=O)[C@H](C)[C@@H]2CCC(C)=C3[C@@H]2[C@@H](O)CC[C@H]31. The molecule has 2 fully saturated rings. The summed E-state index contributed by atoms with van der Waals surface area (Å²) >= 11 is 0. The lowest BCUT2D eigenvalue weighted by molar-refractivity contribution is -0.128. The number of carbonyl (C=O) groups is 1. The van der Waals surface area contributed by atoms with Gasteiger partial charge in [0.05, 0.1) is 6.10 Å². The van der Waals surface area contributed by atoms with Crippen LogP contribution in [0.2, 0.25) is 0 Å². The van der Waals surface area contributed by atoms with E-state index < -0.39 is 0 Å². The standard InChI is InChI=1S/C19H28O2/c1-10(2)15-9-17(21)12(4)13-6-5-11(3)18-14(15)7-8-16(20)19(13)18/h12-16,19-20H,1,5-9H2,2-4H3/t12-,13+,14+,15-,16+,19+/m1/s1. The largest absolute Gasteiger partial charge is 0.392 e. The van der Waals surface area contributed by atoms with Gasteiger partial charge in [0, 0.05) is 18.3 Å². The van der Waals surface area contributed by atoms with E-state index in [2.05, 4.69) is 27.4 Å². The molecule has 6 atom stereocenters. The molecule has 3 aliphatic rings. The highest BCUT2D eigenvalue weighted by molar-refractivity contribution is 5.82. The maximum absolute atomic E-state index is 12.7. The van der Waals surface area contributed by atoms with Gasteiger partial charge in [-0.05, 0) is 57.3 Å². The van der Waals surface area contributed by atoms with Gasteiger partial charge in [0.25, 0.3) is 0 Å². The first-order chi connectivity index (χ1) is 9.91. The van der Waals surface area contributed by atoms with Crippen molar-refractivity contribution in [1.82, 2.24) is 0 Å². The van der Waals surface area contributed by atoms with E-state index >= 15 is 0 Å². The van der Waals surface area contributed by atoms with Gasteiger partial charge in [0.15, 0.2) is 0 Å². The van der Waals surface area contributed by atoms with Crippen molar-refractivity contribution in [1.29, 1.82) is 0 Å². The predicted octanol–water partition coefficient (Wildman–Crippen LogP) is 3.90. The van der Waals surface area contributed by atoms with Gasteiger partial charge in [-0.25, -0.2) is 0 Å². The molecule has 2 nitrogen and oxygen atoms in total. The molecule has 0 aromatic rings. The maximum atomic E-state index is 12.7. The van der Waals surface area contributed by atoms with Crippen LogP contribution in [0.5, 0.6) is 0 Å². The van der Waals surface area contributed by atoms with Crippen LogP contribution in [0.15, 0.2) is 23.3 Å². The number of carbonyl (C=O) groups excluding carboxylic acids is 1. The molecule has 0 heterocycles. The van der Waals surface area contributed by atoms with Crippen LogP contribution in [-0.2, 0) is 4.79 Å². The van der Waals surface area contributed by atoms with Crippen LogP contribution in [-0.4, -0.2) is 17.0 Å². The second-order valence-electron chi connectivity index (χ2n) is 7.63. The highest BCUT2D eigenvalue weighted by Gasteiger charge is 2.48. The number of aliphatic hydroxyl groups is 1. The highest BCUT2D eigenvalue weighted by Crippen LogP contribution is 2.53. The second-order valence-corrected chi connectivity index (χ2v) is 7.63. The summed E-state index contributed by atoms with van der Waals surface area (Å²) in [5, 5.41) is 10.6. The highest BCUT2D eigenvalue weighted by atomic mass is 16.3. The average molecular weight is 288 g/mol. The second kappa shape index (κ2) is 5.39. The van der Waals surface area contributed by atoms with Gasteiger partial charge in [-0.3, -0.25) is 4.79 Å². The molecule has 2 heteroatoms. The Hall–Kier alpha value is -0.890. The van der Waals surface area contributed by atoms with E-state index in [1.165, 1.54) is 11.1 Å². The van der Waals surface area contributed by atoms with Gasteiger partial charge < -0.3 is 5.11 Å². The molecule has 2 saturated carbocycles. The molecule has 0 radical (unpaired) electrons. The molecule has 0 aromatic carbocycles. The van der Waals surface area contributed by atoms with Crippen LogP contribution in [0, 0.1) is 29.6 Å². The summed E-state index contributed by atoms with van der Waals surface area (Å²) in [6, 6.07) is 0. The van der Waals surface area contributed by atoms with Gasteiger partial charge in [-0.2, -0.15) is 0 Å². The van der Waals surface area contributed by atoms with Gasteiger partial charge in [-0.1, -0.05) is 30.2 Å². The van der Waals surface area contributed by atoms with Crippen LogP contribution in [0.1, 0.15) is 52.9 Å². The molecule has 3 rings (SSSR count).